The van der Waals surface area contributed by atoms with Crippen LogP contribution in [0.3, 0.4) is 0 Å². The van der Waals surface area contributed by atoms with Gasteiger partial charge in [0, 0.05) is 12.6 Å². The van der Waals surface area contributed by atoms with Crippen molar-refractivity contribution >= 4 is 5.91 Å². The maximum absolute atomic E-state index is 13.3. The summed E-state index contributed by atoms with van der Waals surface area (Å²) in [5.74, 6) is -1.38. The molecule has 0 radical (unpaired) electrons. The molecule has 0 aromatic heterocycles. The molecule has 2 N–H and O–H groups in total. The summed E-state index contributed by atoms with van der Waals surface area (Å²) in [6.45, 7) is 6.79. The van der Waals surface area contributed by atoms with Gasteiger partial charge in [0.05, 0.1) is 6.54 Å². The molecule has 0 unspecified atom stereocenters. The topological polar surface area (TPSA) is 41.1 Å². The van der Waals surface area contributed by atoms with Gasteiger partial charge in [0.2, 0.25) is 5.91 Å². The molecular weight excluding hydrogens is 334 g/mol. The largest absolute Gasteiger partial charge is 0.355 e. The van der Waals surface area contributed by atoms with Crippen molar-refractivity contribution in [3.05, 3.63) is 70.8 Å². The van der Waals surface area contributed by atoms with Crippen LogP contribution in [0.15, 0.2) is 42.5 Å². The van der Waals surface area contributed by atoms with Crippen molar-refractivity contribution in [2.24, 2.45) is 0 Å². The standard InChI is InChI=1S/C21H26F2N2O/c1-14(2)17-6-4-16(5-7-17)10-11-24-21(26)13-25-15(3)18-8-9-19(22)20(23)12-18/h4-9,12,14-15,25H,10-11,13H2,1-3H3,(H,24,26)/t15-/m0/s1. The second-order valence-corrected chi connectivity index (χ2v) is 6.77. The molecule has 0 spiro atoms. The fourth-order valence-electron chi connectivity index (χ4n) is 2.62. The van der Waals surface area contributed by atoms with Gasteiger partial charge >= 0.3 is 0 Å². The number of benzene rings is 2. The van der Waals surface area contributed by atoms with Crippen LogP contribution in [0.2, 0.25) is 0 Å². The number of carbonyl (C=O) groups is 1. The Morgan fingerprint density at radius 1 is 0.962 bits per heavy atom. The maximum Gasteiger partial charge on any atom is 0.233 e. The zero-order chi connectivity index (χ0) is 19.1. The molecule has 1 amide bonds. The van der Waals surface area contributed by atoms with E-state index >= 15 is 0 Å². The van der Waals surface area contributed by atoms with E-state index in [1.165, 1.54) is 17.2 Å². The fraction of sp³-hybridized carbons (Fsp3) is 0.381. The van der Waals surface area contributed by atoms with Crippen molar-refractivity contribution < 1.29 is 13.6 Å². The van der Waals surface area contributed by atoms with E-state index in [0.717, 1.165) is 18.6 Å². The molecule has 140 valence electrons. The van der Waals surface area contributed by atoms with Crippen LogP contribution < -0.4 is 10.6 Å². The van der Waals surface area contributed by atoms with E-state index in [1.807, 2.05) is 0 Å². The highest BCUT2D eigenvalue weighted by atomic mass is 19.2. The monoisotopic (exact) mass is 360 g/mol. The third kappa shape index (κ3) is 5.92. The first-order valence-corrected chi connectivity index (χ1v) is 8.90. The number of halogens is 2. The van der Waals surface area contributed by atoms with Crippen molar-refractivity contribution in [3.8, 4) is 0 Å². The lowest BCUT2D eigenvalue weighted by molar-refractivity contribution is -0.120. The molecule has 0 fully saturated rings. The van der Waals surface area contributed by atoms with Gasteiger partial charge in [0.15, 0.2) is 11.6 Å². The zero-order valence-electron chi connectivity index (χ0n) is 15.5. The molecule has 3 nitrogen and oxygen atoms in total. The van der Waals surface area contributed by atoms with Gasteiger partial charge in [-0.3, -0.25) is 4.79 Å². The summed E-state index contributed by atoms with van der Waals surface area (Å²) in [5, 5.41) is 5.87. The summed E-state index contributed by atoms with van der Waals surface area (Å²) < 4.78 is 26.2. The van der Waals surface area contributed by atoms with Crippen molar-refractivity contribution in [1.82, 2.24) is 10.6 Å². The Balaban J connectivity index is 1.72. The van der Waals surface area contributed by atoms with E-state index in [4.69, 9.17) is 0 Å². The van der Waals surface area contributed by atoms with Crippen LogP contribution in [0.5, 0.6) is 0 Å². The molecular formula is C21H26F2N2O. The molecule has 5 heteroatoms. The molecule has 2 aromatic rings. The Bertz CT molecular complexity index is 729. The minimum Gasteiger partial charge on any atom is -0.355 e. The van der Waals surface area contributed by atoms with Crippen LogP contribution in [-0.2, 0) is 11.2 Å². The Morgan fingerprint density at radius 2 is 1.62 bits per heavy atom. The Morgan fingerprint density at radius 3 is 2.23 bits per heavy atom. The van der Waals surface area contributed by atoms with Gasteiger partial charge in [-0.2, -0.15) is 0 Å². The lowest BCUT2D eigenvalue weighted by Crippen LogP contribution is -2.36. The Hall–Kier alpha value is -2.27. The first kappa shape index (κ1) is 20.0. The predicted octanol–water partition coefficient (Wildman–Crippen LogP) is 4.10. The first-order chi connectivity index (χ1) is 12.4. The van der Waals surface area contributed by atoms with Gasteiger partial charge in [-0.1, -0.05) is 44.2 Å². The van der Waals surface area contributed by atoms with E-state index in [2.05, 4.69) is 48.7 Å². The average Bonchev–Trinajstić information content (AvgIpc) is 2.62. The summed E-state index contributed by atoms with van der Waals surface area (Å²) in [5.41, 5.74) is 3.08. The highest BCUT2D eigenvalue weighted by Gasteiger charge is 2.10. The number of hydrogen-bond donors (Lipinski definition) is 2. The van der Waals surface area contributed by atoms with Gasteiger partial charge in [-0.25, -0.2) is 8.78 Å². The minimum atomic E-state index is -0.885. The summed E-state index contributed by atoms with van der Waals surface area (Å²) >= 11 is 0. The fourth-order valence-corrected chi connectivity index (χ4v) is 2.62. The van der Waals surface area contributed by atoms with Gasteiger partial charge in [-0.15, -0.1) is 0 Å². The third-order valence-electron chi connectivity index (χ3n) is 4.39. The van der Waals surface area contributed by atoms with E-state index in [-0.39, 0.29) is 18.5 Å². The maximum atomic E-state index is 13.3. The van der Waals surface area contributed by atoms with Crippen LogP contribution in [0.4, 0.5) is 8.78 Å². The molecule has 0 aliphatic carbocycles. The number of rotatable bonds is 8. The minimum absolute atomic E-state index is 0.118. The summed E-state index contributed by atoms with van der Waals surface area (Å²) in [4.78, 5) is 11.9. The normalized spacial score (nSPS) is 12.2. The van der Waals surface area contributed by atoms with Crippen molar-refractivity contribution in [3.63, 3.8) is 0 Å². The Kier molecular flexibility index (Phi) is 7.27. The van der Waals surface area contributed by atoms with E-state index in [9.17, 15) is 13.6 Å². The average molecular weight is 360 g/mol. The van der Waals surface area contributed by atoms with Gasteiger partial charge in [-0.05, 0) is 48.1 Å². The second-order valence-electron chi connectivity index (χ2n) is 6.77. The smallest absolute Gasteiger partial charge is 0.233 e. The highest BCUT2D eigenvalue weighted by molar-refractivity contribution is 5.78. The lowest BCUT2D eigenvalue weighted by atomic mass is 10.0. The molecule has 1 atom stereocenters. The van der Waals surface area contributed by atoms with Gasteiger partial charge < -0.3 is 10.6 Å². The van der Waals surface area contributed by atoms with E-state index in [1.54, 1.807) is 6.92 Å². The molecule has 0 heterocycles. The van der Waals surface area contributed by atoms with E-state index < -0.39 is 11.6 Å². The molecule has 2 aromatic carbocycles. The van der Waals surface area contributed by atoms with Gasteiger partial charge in [0.25, 0.3) is 0 Å². The van der Waals surface area contributed by atoms with Crippen molar-refractivity contribution in [2.45, 2.75) is 39.2 Å². The third-order valence-corrected chi connectivity index (χ3v) is 4.39. The van der Waals surface area contributed by atoms with E-state index in [0.29, 0.717) is 18.0 Å². The molecule has 0 aliphatic rings. The first-order valence-electron chi connectivity index (χ1n) is 8.90. The van der Waals surface area contributed by atoms with Crippen LogP contribution in [0.25, 0.3) is 0 Å². The van der Waals surface area contributed by atoms with Crippen LogP contribution >= 0.6 is 0 Å². The molecule has 0 saturated carbocycles. The summed E-state index contributed by atoms with van der Waals surface area (Å²) in [6.07, 6.45) is 0.767. The Labute approximate surface area is 153 Å². The number of hydrogen-bond acceptors (Lipinski definition) is 2. The van der Waals surface area contributed by atoms with Crippen molar-refractivity contribution in [1.29, 1.82) is 0 Å². The molecule has 0 saturated heterocycles. The number of amides is 1. The predicted molar refractivity (Wildman–Crippen MR) is 100 cm³/mol. The summed E-state index contributed by atoms with van der Waals surface area (Å²) in [7, 11) is 0. The second kappa shape index (κ2) is 9.43. The lowest BCUT2D eigenvalue weighted by Gasteiger charge is -2.14. The SMILES string of the molecule is CC(C)c1ccc(CCNC(=O)CN[C@@H](C)c2ccc(F)c(F)c2)cc1. The number of nitrogens with one attached hydrogen (secondary N) is 2. The quantitative estimate of drug-likeness (QED) is 0.744. The van der Waals surface area contributed by atoms with Crippen LogP contribution in [-0.4, -0.2) is 19.0 Å². The molecule has 2 rings (SSSR count). The molecule has 0 bridgehead atoms. The van der Waals surface area contributed by atoms with Gasteiger partial charge in [0.1, 0.15) is 0 Å². The van der Waals surface area contributed by atoms with Crippen molar-refractivity contribution in [2.75, 3.05) is 13.1 Å². The summed E-state index contributed by atoms with van der Waals surface area (Å²) in [6, 6.07) is 11.9. The zero-order valence-corrected chi connectivity index (χ0v) is 15.5. The molecule has 26 heavy (non-hydrogen) atoms. The highest BCUT2D eigenvalue weighted by Crippen LogP contribution is 2.16. The van der Waals surface area contributed by atoms with Crippen LogP contribution in [0.1, 0.15) is 49.4 Å². The molecule has 0 aliphatic heterocycles. The van der Waals surface area contributed by atoms with Crippen LogP contribution in [0, 0.1) is 11.6 Å². The number of carbonyl (C=O) groups excluding carboxylic acids is 1.